The largest absolute Gasteiger partial charge is 0.507 e. The molecule has 1 atom stereocenters. The monoisotopic (exact) mass is 465 g/mol. The molecule has 2 aromatic carbocycles. The normalized spacial score (nSPS) is 17.3. The van der Waals surface area contributed by atoms with Gasteiger partial charge in [0.05, 0.1) is 25.3 Å². The Hall–Kier alpha value is -3.28. The van der Waals surface area contributed by atoms with Crippen LogP contribution < -0.4 is 9.47 Å². The number of unbranched alkanes of at least 4 members (excludes halogenated alkanes) is 4. The lowest BCUT2D eigenvalue weighted by Crippen LogP contribution is -2.30. The van der Waals surface area contributed by atoms with E-state index in [1.54, 1.807) is 48.4 Å². The number of hydrogen-bond donors (Lipinski definition) is 1. The number of benzene rings is 2. The van der Waals surface area contributed by atoms with Crippen molar-refractivity contribution in [1.82, 2.24) is 4.90 Å². The van der Waals surface area contributed by atoms with Crippen molar-refractivity contribution >= 4 is 17.4 Å². The molecule has 1 saturated heterocycles. The molecule has 0 spiro atoms. The third-order valence-corrected chi connectivity index (χ3v) is 6.12. The number of carbonyl (C=O) groups is 2. The van der Waals surface area contributed by atoms with E-state index in [0.717, 1.165) is 44.1 Å². The molecule has 1 heterocycles. The van der Waals surface area contributed by atoms with Gasteiger partial charge in [-0.25, -0.2) is 0 Å². The Balaban J connectivity index is 1.94. The highest BCUT2D eigenvalue weighted by Gasteiger charge is 2.45. The van der Waals surface area contributed by atoms with Crippen LogP contribution in [0.5, 0.6) is 11.5 Å². The smallest absolute Gasteiger partial charge is 0.295 e. The number of ether oxygens (including phenoxy) is 2. The van der Waals surface area contributed by atoms with Gasteiger partial charge < -0.3 is 19.5 Å². The molecular weight excluding hydrogens is 430 g/mol. The second-order valence-corrected chi connectivity index (χ2v) is 8.55. The summed E-state index contributed by atoms with van der Waals surface area (Å²) in [5.41, 5.74) is 1.35. The highest BCUT2D eigenvalue weighted by atomic mass is 16.5. The van der Waals surface area contributed by atoms with Crippen LogP contribution in [0.3, 0.4) is 0 Å². The Kier molecular flexibility index (Phi) is 9.14. The van der Waals surface area contributed by atoms with Gasteiger partial charge in [0.25, 0.3) is 11.7 Å². The van der Waals surface area contributed by atoms with Gasteiger partial charge in [-0.05, 0) is 54.8 Å². The van der Waals surface area contributed by atoms with E-state index < -0.39 is 17.7 Å². The third kappa shape index (κ3) is 5.79. The lowest BCUT2D eigenvalue weighted by Gasteiger charge is -2.25. The van der Waals surface area contributed by atoms with E-state index in [9.17, 15) is 14.7 Å². The van der Waals surface area contributed by atoms with Crippen molar-refractivity contribution < 1.29 is 24.2 Å². The second kappa shape index (κ2) is 12.3. The zero-order valence-electron chi connectivity index (χ0n) is 20.4. The van der Waals surface area contributed by atoms with Gasteiger partial charge in [-0.15, -0.1) is 0 Å². The maximum absolute atomic E-state index is 13.1. The quantitative estimate of drug-likeness (QED) is 0.183. The van der Waals surface area contributed by atoms with Gasteiger partial charge >= 0.3 is 0 Å². The minimum atomic E-state index is -0.658. The highest BCUT2D eigenvalue weighted by molar-refractivity contribution is 6.46. The molecule has 2 aromatic rings. The van der Waals surface area contributed by atoms with Crippen LogP contribution in [0, 0.1) is 0 Å². The molecule has 0 radical (unpaired) electrons. The van der Waals surface area contributed by atoms with Crippen molar-refractivity contribution in [2.24, 2.45) is 0 Å². The van der Waals surface area contributed by atoms with Crippen molar-refractivity contribution in [3.63, 3.8) is 0 Å². The number of Topliss-reactive ketones (excluding diaryl/α,β-unsaturated/α-hetero) is 1. The first-order valence-corrected chi connectivity index (χ1v) is 12.2. The molecule has 1 unspecified atom stereocenters. The van der Waals surface area contributed by atoms with Gasteiger partial charge in [-0.2, -0.15) is 0 Å². The zero-order valence-corrected chi connectivity index (χ0v) is 20.4. The van der Waals surface area contributed by atoms with Crippen LogP contribution in [-0.2, 0) is 9.59 Å². The maximum Gasteiger partial charge on any atom is 0.295 e. The molecule has 1 aliphatic rings. The van der Waals surface area contributed by atoms with Gasteiger partial charge in [0.1, 0.15) is 17.3 Å². The first-order valence-electron chi connectivity index (χ1n) is 12.2. The number of methoxy groups -OCH3 is 1. The van der Waals surface area contributed by atoms with E-state index >= 15 is 0 Å². The topological polar surface area (TPSA) is 76.1 Å². The van der Waals surface area contributed by atoms with Crippen LogP contribution >= 0.6 is 0 Å². The van der Waals surface area contributed by atoms with E-state index in [1.807, 2.05) is 12.1 Å². The molecular formula is C28H35NO5. The van der Waals surface area contributed by atoms with Crippen molar-refractivity contribution in [2.75, 3.05) is 20.3 Å². The number of rotatable bonds is 12. The summed E-state index contributed by atoms with van der Waals surface area (Å²) in [4.78, 5) is 27.6. The number of aliphatic hydroxyl groups excluding tert-OH is 1. The number of likely N-dealkylation sites (tertiary alicyclic amines) is 1. The summed E-state index contributed by atoms with van der Waals surface area (Å²) in [5.74, 6) is -0.0145. The average Bonchev–Trinajstić information content (AvgIpc) is 3.12. The molecule has 0 saturated carbocycles. The van der Waals surface area contributed by atoms with E-state index in [-0.39, 0.29) is 11.3 Å². The van der Waals surface area contributed by atoms with Gasteiger partial charge in [-0.1, -0.05) is 51.7 Å². The standard InChI is InChI=1S/C28H35NO5/c1-4-6-8-18-29-25(20-10-14-22(33-3)15-11-20)24(27(31)28(29)32)26(30)21-12-16-23(17-13-21)34-19-9-7-5-2/h10-17,25,30H,4-9,18-19H2,1-3H3/b26-24-. The van der Waals surface area contributed by atoms with E-state index in [2.05, 4.69) is 13.8 Å². The highest BCUT2D eigenvalue weighted by Crippen LogP contribution is 2.40. The fourth-order valence-corrected chi connectivity index (χ4v) is 4.18. The van der Waals surface area contributed by atoms with Crippen LogP contribution in [0.4, 0.5) is 0 Å². The molecule has 6 nitrogen and oxygen atoms in total. The van der Waals surface area contributed by atoms with Gasteiger partial charge in [0.15, 0.2) is 0 Å². The molecule has 1 fully saturated rings. The average molecular weight is 466 g/mol. The minimum Gasteiger partial charge on any atom is -0.507 e. The fourth-order valence-electron chi connectivity index (χ4n) is 4.18. The first kappa shape index (κ1) is 25.3. The molecule has 1 aliphatic heterocycles. The van der Waals surface area contributed by atoms with Crippen LogP contribution in [0.2, 0.25) is 0 Å². The first-order chi connectivity index (χ1) is 16.5. The lowest BCUT2D eigenvalue weighted by atomic mass is 9.95. The number of hydrogen-bond acceptors (Lipinski definition) is 5. The van der Waals surface area contributed by atoms with Crippen molar-refractivity contribution in [3.05, 3.63) is 65.2 Å². The number of amides is 1. The molecule has 0 aromatic heterocycles. The number of nitrogens with zero attached hydrogens (tertiary/aromatic N) is 1. The molecule has 1 amide bonds. The van der Waals surface area contributed by atoms with Crippen molar-refractivity contribution in [1.29, 1.82) is 0 Å². The Bertz CT molecular complexity index is 994. The predicted molar refractivity (Wildman–Crippen MR) is 133 cm³/mol. The van der Waals surface area contributed by atoms with E-state index in [1.165, 1.54) is 0 Å². The van der Waals surface area contributed by atoms with E-state index in [4.69, 9.17) is 9.47 Å². The Morgan fingerprint density at radius 1 is 0.882 bits per heavy atom. The van der Waals surface area contributed by atoms with Crippen LogP contribution in [0.15, 0.2) is 54.1 Å². The summed E-state index contributed by atoms with van der Waals surface area (Å²) in [7, 11) is 1.59. The molecule has 0 bridgehead atoms. The lowest BCUT2D eigenvalue weighted by molar-refractivity contribution is -0.139. The summed E-state index contributed by atoms with van der Waals surface area (Å²) in [6, 6.07) is 13.6. The summed E-state index contributed by atoms with van der Waals surface area (Å²) in [6.07, 6.45) is 5.98. The van der Waals surface area contributed by atoms with Crippen LogP contribution in [-0.4, -0.2) is 42.0 Å². The molecule has 34 heavy (non-hydrogen) atoms. The van der Waals surface area contributed by atoms with Crippen molar-refractivity contribution in [3.8, 4) is 11.5 Å². The Morgan fingerprint density at radius 3 is 2.12 bits per heavy atom. The minimum absolute atomic E-state index is 0.114. The Labute approximate surface area is 202 Å². The fraction of sp³-hybridized carbons (Fsp3) is 0.429. The molecule has 182 valence electrons. The zero-order chi connectivity index (χ0) is 24.5. The van der Waals surface area contributed by atoms with E-state index in [0.29, 0.717) is 30.2 Å². The summed E-state index contributed by atoms with van der Waals surface area (Å²) in [6.45, 7) is 5.33. The predicted octanol–water partition coefficient (Wildman–Crippen LogP) is 5.88. The van der Waals surface area contributed by atoms with Gasteiger partial charge in [0, 0.05) is 12.1 Å². The van der Waals surface area contributed by atoms with Gasteiger partial charge in [-0.3, -0.25) is 9.59 Å². The number of aliphatic hydroxyl groups is 1. The second-order valence-electron chi connectivity index (χ2n) is 8.55. The molecule has 3 rings (SSSR count). The third-order valence-electron chi connectivity index (χ3n) is 6.12. The molecule has 6 heteroatoms. The SMILES string of the molecule is CCCCCOc1ccc(/C(O)=C2/C(=O)C(=O)N(CCCCC)C2c2ccc(OC)cc2)cc1. The molecule has 0 aliphatic carbocycles. The number of ketones is 1. The summed E-state index contributed by atoms with van der Waals surface area (Å²) >= 11 is 0. The molecule has 1 N–H and O–H groups in total. The number of carbonyl (C=O) groups excluding carboxylic acids is 2. The maximum atomic E-state index is 13.1. The van der Waals surface area contributed by atoms with Crippen molar-refractivity contribution in [2.45, 2.75) is 58.4 Å². The summed E-state index contributed by atoms with van der Waals surface area (Å²) in [5, 5.41) is 11.2. The van der Waals surface area contributed by atoms with Crippen LogP contribution in [0.1, 0.15) is 69.5 Å². The van der Waals surface area contributed by atoms with Gasteiger partial charge in [0.2, 0.25) is 0 Å². The van der Waals surface area contributed by atoms with Crippen LogP contribution in [0.25, 0.3) is 5.76 Å². The summed E-state index contributed by atoms with van der Waals surface area (Å²) < 4.78 is 11.0. The Morgan fingerprint density at radius 2 is 1.50 bits per heavy atom.